The van der Waals surface area contributed by atoms with Crippen LogP contribution in [0, 0.1) is 0 Å². The Balaban J connectivity index is 1.63. The number of nitrogens with zero attached hydrogens (tertiary/aromatic N) is 2. The van der Waals surface area contributed by atoms with Crippen molar-refractivity contribution in [2.75, 3.05) is 4.72 Å². The van der Waals surface area contributed by atoms with Crippen molar-refractivity contribution in [3.8, 4) is 0 Å². The topological polar surface area (TPSA) is 72.0 Å². The summed E-state index contributed by atoms with van der Waals surface area (Å²) in [5.41, 5.74) is 1.96. The number of hydrogen-bond donors (Lipinski definition) is 1. The van der Waals surface area contributed by atoms with Crippen molar-refractivity contribution in [1.82, 2.24) is 10.2 Å². The molecule has 0 aliphatic rings. The third kappa shape index (κ3) is 5.11. The molecular formula is C18H19N3O2S2. The number of aromatic nitrogens is 2. The zero-order valence-electron chi connectivity index (χ0n) is 13.8. The van der Waals surface area contributed by atoms with Crippen molar-refractivity contribution in [2.24, 2.45) is 0 Å². The molecular weight excluding hydrogens is 354 g/mol. The Hall–Kier alpha value is -2.25. The summed E-state index contributed by atoms with van der Waals surface area (Å²) in [5, 5.41) is 9.21. The summed E-state index contributed by atoms with van der Waals surface area (Å²) in [5.74, 6) is 0.214. The summed E-state index contributed by atoms with van der Waals surface area (Å²) in [4.78, 5) is 0. The van der Waals surface area contributed by atoms with Crippen molar-refractivity contribution >= 4 is 26.5 Å². The van der Waals surface area contributed by atoms with Crippen LogP contribution in [0.3, 0.4) is 0 Å². The van der Waals surface area contributed by atoms with Gasteiger partial charge in [-0.2, -0.15) is 0 Å². The smallest absolute Gasteiger partial charge is 0.238 e. The molecule has 1 N–H and O–H groups in total. The van der Waals surface area contributed by atoms with E-state index in [2.05, 4.69) is 34.0 Å². The molecule has 25 heavy (non-hydrogen) atoms. The summed E-state index contributed by atoms with van der Waals surface area (Å²) in [6, 6.07) is 19.2. The van der Waals surface area contributed by atoms with Gasteiger partial charge in [-0.25, -0.2) is 8.42 Å². The fourth-order valence-electron chi connectivity index (χ4n) is 2.50. The minimum atomic E-state index is -3.50. The fraction of sp³-hybridized carbons (Fsp3) is 0.222. The van der Waals surface area contributed by atoms with E-state index in [1.54, 1.807) is 12.1 Å². The summed E-state index contributed by atoms with van der Waals surface area (Å²) in [7, 11) is -3.50. The van der Waals surface area contributed by atoms with Gasteiger partial charge < -0.3 is 0 Å². The average molecular weight is 374 g/mol. The molecule has 0 radical (unpaired) electrons. The second-order valence-electron chi connectivity index (χ2n) is 5.86. The van der Waals surface area contributed by atoms with Crippen molar-refractivity contribution in [3.05, 3.63) is 76.8 Å². The van der Waals surface area contributed by atoms with Crippen LogP contribution in [0.25, 0.3) is 0 Å². The van der Waals surface area contributed by atoms with E-state index in [9.17, 15) is 8.42 Å². The molecule has 0 saturated heterocycles. The molecule has 0 aliphatic carbocycles. The number of sulfonamides is 1. The van der Waals surface area contributed by atoms with E-state index in [0.29, 0.717) is 11.0 Å². The van der Waals surface area contributed by atoms with Gasteiger partial charge in [0.1, 0.15) is 5.01 Å². The Bertz CT molecular complexity index is 910. The third-order valence-corrected chi connectivity index (χ3v) is 5.97. The first kappa shape index (κ1) is 17.6. The predicted molar refractivity (Wildman–Crippen MR) is 101 cm³/mol. The largest absolute Gasteiger partial charge is 0.257 e. The molecule has 0 amide bonds. The maximum absolute atomic E-state index is 12.3. The Labute approximate surface area is 151 Å². The van der Waals surface area contributed by atoms with Gasteiger partial charge in [0.25, 0.3) is 0 Å². The molecule has 3 rings (SSSR count). The van der Waals surface area contributed by atoms with E-state index in [1.807, 2.05) is 36.4 Å². The molecule has 0 saturated carbocycles. The molecule has 2 aromatic carbocycles. The minimum Gasteiger partial charge on any atom is -0.257 e. The molecule has 1 atom stereocenters. The van der Waals surface area contributed by atoms with Crippen molar-refractivity contribution in [1.29, 1.82) is 0 Å². The molecule has 3 aromatic rings. The molecule has 7 heteroatoms. The van der Waals surface area contributed by atoms with Gasteiger partial charge in [0.15, 0.2) is 0 Å². The van der Waals surface area contributed by atoms with E-state index in [0.717, 1.165) is 17.0 Å². The maximum Gasteiger partial charge on any atom is 0.238 e. The van der Waals surface area contributed by atoms with Crippen molar-refractivity contribution in [3.63, 3.8) is 0 Å². The number of rotatable bonds is 7. The number of nitrogens with one attached hydrogen (secondary N) is 1. The van der Waals surface area contributed by atoms with Crippen LogP contribution in [-0.4, -0.2) is 18.6 Å². The van der Waals surface area contributed by atoms with Gasteiger partial charge >= 0.3 is 0 Å². The van der Waals surface area contributed by atoms with E-state index in [-0.39, 0.29) is 5.75 Å². The summed E-state index contributed by atoms with van der Waals surface area (Å²) in [6.07, 6.45) is 0.724. The van der Waals surface area contributed by atoms with Gasteiger partial charge in [0, 0.05) is 6.42 Å². The highest BCUT2D eigenvalue weighted by Crippen LogP contribution is 2.24. The van der Waals surface area contributed by atoms with Crippen LogP contribution in [0.15, 0.2) is 60.7 Å². The van der Waals surface area contributed by atoms with Crippen LogP contribution in [0.1, 0.15) is 29.0 Å². The second kappa shape index (κ2) is 7.76. The Morgan fingerprint density at radius 1 is 1.00 bits per heavy atom. The molecule has 1 aromatic heterocycles. The number of benzene rings is 2. The molecule has 0 fully saturated rings. The second-order valence-corrected chi connectivity index (χ2v) is 8.65. The van der Waals surface area contributed by atoms with Crippen LogP contribution in [0.2, 0.25) is 0 Å². The molecule has 1 unspecified atom stereocenters. The van der Waals surface area contributed by atoms with E-state index < -0.39 is 10.0 Å². The maximum atomic E-state index is 12.3. The quantitative estimate of drug-likeness (QED) is 0.683. The van der Waals surface area contributed by atoms with Gasteiger partial charge in [-0.3, -0.25) is 4.72 Å². The zero-order chi connectivity index (χ0) is 17.7. The van der Waals surface area contributed by atoms with Gasteiger partial charge in [0.05, 0.1) is 5.75 Å². The molecule has 0 aliphatic heterocycles. The highest BCUT2D eigenvalue weighted by molar-refractivity contribution is 7.92. The zero-order valence-corrected chi connectivity index (χ0v) is 15.4. The average Bonchev–Trinajstić information content (AvgIpc) is 3.02. The SMILES string of the molecule is CC(Cc1nnc(NS(=O)(=O)Cc2ccccc2)s1)c1ccccc1. The molecule has 1 heterocycles. The lowest BCUT2D eigenvalue weighted by Gasteiger charge is -2.08. The standard InChI is InChI=1S/C18H19N3O2S2/c1-14(16-10-6-3-7-11-16)12-17-19-20-18(24-17)21-25(22,23)13-15-8-4-2-5-9-15/h2-11,14H,12-13H2,1H3,(H,20,21). The van der Waals surface area contributed by atoms with Crippen molar-refractivity contribution in [2.45, 2.75) is 25.0 Å². The number of anilines is 1. The minimum absolute atomic E-state index is 0.0802. The lowest BCUT2D eigenvalue weighted by molar-refractivity contribution is 0.600. The Morgan fingerprint density at radius 3 is 2.32 bits per heavy atom. The predicted octanol–water partition coefficient (Wildman–Crippen LogP) is 3.83. The van der Waals surface area contributed by atoms with Gasteiger partial charge in [-0.05, 0) is 17.0 Å². The van der Waals surface area contributed by atoms with Crippen LogP contribution in [-0.2, 0) is 22.2 Å². The van der Waals surface area contributed by atoms with Gasteiger partial charge in [-0.15, -0.1) is 10.2 Å². The van der Waals surface area contributed by atoms with E-state index >= 15 is 0 Å². The molecule has 130 valence electrons. The van der Waals surface area contributed by atoms with Gasteiger partial charge in [0.2, 0.25) is 15.2 Å². The van der Waals surface area contributed by atoms with Crippen LogP contribution < -0.4 is 4.72 Å². The first-order chi connectivity index (χ1) is 12.0. The normalized spacial score (nSPS) is 12.7. The monoisotopic (exact) mass is 373 g/mol. The van der Waals surface area contributed by atoms with E-state index in [4.69, 9.17) is 0 Å². The summed E-state index contributed by atoms with van der Waals surface area (Å²) >= 11 is 1.28. The molecule has 5 nitrogen and oxygen atoms in total. The summed E-state index contributed by atoms with van der Waals surface area (Å²) in [6.45, 7) is 2.12. The summed E-state index contributed by atoms with van der Waals surface area (Å²) < 4.78 is 27.0. The van der Waals surface area contributed by atoms with E-state index in [1.165, 1.54) is 16.9 Å². The third-order valence-electron chi connectivity index (χ3n) is 3.76. The molecule has 0 bridgehead atoms. The Kier molecular flexibility index (Phi) is 5.45. The fourth-order valence-corrected chi connectivity index (χ4v) is 4.78. The Morgan fingerprint density at radius 2 is 1.64 bits per heavy atom. The lowest BCUT2D eigenvalue weighted by atomic mass is 9.98. The van der Waals surface area contributed by atoms with Crippen LogP contribution in [0.4, 0.5) is 5.13 Å². The molecule has 0 spiro atoms. The number of hydrogen-bond acceptors (Lipinski definition) is 5. The van der Waals surface area contributed by atoms with Gasteiger partial charge in [-0.1, -0.05) is 78.9 Å². The van der Waals surface area contributed by atoms with Crippen LogP contribution in [0.5, 0.6) is 0 Å². The van der Waals surface area contributed by atoms with Crippen LogP contribution >= 0.6 is 11.3 Å². The highest BCUT2D eigenvalue weighted by atomic mass is 32.2. The van der Waals surface area contributed by atoms with Crippen molar-refractivity contribution < 1.29 is 8.42 Å². The first-order valence-electron chi connectivity index (χ1n) is 7.93. The first-order valence-corrected chi connectivity index (χ1v) is 10.4. The highest BCUT2D eigenvalue weighted by Gasteiger charge is 2.16. The lowest BCUT2D eigenvalue weighted by Crippen LogP contribution is -2.14.